The zero-order valence-corrected chi connectivity index (χ0v) is 13.5. The smallest absolute Gasteiger partial charge is 0.275 e. The predicted octanol–water partition coefficient (Wildman–Crippen LogP) is 2.99. The number of hydrogen-bond donors (Lipinski definition) is 1. The molecule has 120 valence electrons. The van der Waals surface area contributed by atoms with Gasteiger partial charge in [-0.3, -0.25) is 4.79 Å². The highest BCUT2D eigenvalue weighted by atomic mass is 35.5. The van der Waals surface area contributed by atoms with Gasteiger partial charge in [-0.05, 0) is 31.0 Å². The molecular weight excluding hydrogens is 316 g/mol. The number of benzene rings is 1. The summed E-state index contributed by atoms with van der Waals surface area (Å²) in [5, 5.41) is 3.25. The standard InChI is InChI=1S/C16H17ClN4O2/c1-23-14-5-4-11(17)8-12(14)20-16(22)13-9-19-15(10-18-13)21-6-2-3-7-21/h4-5,8-10H,2-3,6-7H2,1H3,(H,20,22). The van der Waals surface area contributed by atoms with Crippen molar-refractivity contribution in [2.24, 2.45) is 0 Å². The van der Waals surface area contributed by atoms with Crippen molar-refractivity contribution in [2.45, 2.75) is 12.8 Å². The van der Waals surface area contributed by atoms with Gasteiger partial charge in [-0.2, -0.15) is 0 Å². The van der Waals surface area contributed by atoms with Crippen LogP contribution >= 0.6 is 11.6 Å². The molecule has 3 rings (SSSR count). The number of ether oxygens (including phenoxy) is 1. The van der Waals surface area contributed by atoms with Crippen LogP contribution in [0.3, 0.4) is 0 Å². The van der Waals surface area contributed by atoms with E-state index in [0.29, 0.717) is 16.5 Å². The van der Waals surface area contributed by atoms with E-state index in [1.54, 1.807) is 24.4 Å². The molecule has 1 aromatic carbocycles. The lowest BCUT2D eigenvalue weighted by molar-refractivity contribution is 0.102. The number of nitrogens with zero attached hydrogens (tertiary/aromatic N) is 3. The molecule has 23 heavy (non-hydrogen) atoms. The number of methoxy groups -OCH3 is 1. The molecule has 0 radical (unpaired) electrons. The van der Waals surface area contributed by atoms with E-state index in [1.165, 1.54) is 26.1 Å². The fourth-order valence-electron chi connectivity index (χ4n) is 2.51. The molecule has 0 bridgehead atoms. The topological polar surface area (TPSA) is 67.3 Å². The minimum absolute atomic E-state index is 0.245. The molecule has 0 unspecified atom stereocenters. The largest absolute Gasteiger partial charge is 0.495 e. The van der Waals surface area contributed by atoms with Crippen molar-refractivity contribution in [1.29, 1.82) is 0 Å². The monoisotopic (exact) mass is 332 g/mol. The number of nitrogens with one attached hydrogen (secondary N) is 1. The molecule has 1 aliphatic heterocycles. The Morgan fingerprint density at radius 2 is 2.04 bits per heavy atom. The summed E-state index contributed by atoms with van der Waals surface area (Å²) in [6, 6.07) is 5.02. The number of carbonyl (C=O) groups is 1. The fourth-order valence-corrected chi connectivity index (χ4v) is 2.68. The Labute approximate surface area is 139 Å². The maximum atomic E-state index is 12.3. The summed E-state index contributed by atoms with van der Waals surface area (Å²) in [6.07, 6.45) is 5.45. The second-order valence-corrected chi connectivity index (χ2v) is 5.69. The third-order valence-electron chi connectivity index (χ3n) is 3.71. The molecule has 0 atom stereocenters. The highest BCUT2D eigenvalue weighted by Crippen LogP contribution is 2.28. The summed E-state index contributed by atoms with van der Waals surface area (Å²) in [7, 11) is 1.53. The Kier molecular flexibility index (Phi) is 4.62. The first-order valence-electron chi connectivity index (χ1n) is 7.39. The summed E-state index contributed by atoms with van der Waals surface area (Å²) in [5.41, 5.74) is 0.741. The average Bonchev–Trinajstić information content (AvgIpc) is 3.10. The molecule has 1 aliphatic rings. The maximum absolute atomic E-state index is 12.3. The zero-order valence-electron chi connectivity index (χ0n) is 12.8. The number of aromatic nitrogens is 2. The molecule has 6 nitrogen and oxygen atoms in total. The zero-order chi connectivity index (χ0) is 16.2. The lowest BCUT2D eigenvalue weighted by atomic mass is 10.2. The first kappa shape index (κ1) is 15.6. The Balaban J connectivity index is 1.74. The van der Waals surface area contributed by atoms with Gasteiger partial charge in [-0.15, -0.1) is 0 Å². The van der Waals surface area contributed by atoms with Gasteiger partial charge >= 0.3 is 0 Å². The van der Waals surface area contributed by atoms with Gasteiger partial charge in [-0.25, -0.2) is 9.97 Å². The highest BCUT2D eigenvalue weighted by molar-refractivity contribution is 6.31. The van der Waals surface area contributed by atoms with Crippen LogP contribution in [-0.4, -0.2) is 36.1 Å². The third-order valence-corrected chi connectivity index (χ3v) is 3.95. The van der Waals surface area contributed by atoms with E-state index >= 15 is 0 Å². The number of amides is 1. The number of anilines is 2. The van der Waals surface area contributed by atoms with E-state index in [4.69, 9.17) is 16.3 Å². The number of hydrogen-bond acceptors (Lipinski definition) is 5. The molecule has 2 aromatic rings. The molecule has 0 saturated carbocycles. The van der Waals surface area contributed by atoms with E-state index in [0.717, 1.165) is 18.9 Å². The Morgan fingerprint density at radius 3 is 2.70 bits per heavy atom. The van der Waals surface area contributed by atoms with Crippen molar-refractivity contribution in [3.05, 3.63) is 41.3 Å². The number of halogens is 1. The molecule has 1 saturated heterocycles. The van der Waals surface area contributed by atoms with Crippen molar-refractivity contribution >= 4 is 29.0 Å². The van der Waals surface area contributed by atoms with Crippen molar-refractivity contribution in [1.82, 2.24) is 9.97 Å². The van der Waals surface area contributed by atoms with Gasteiger partial charge in [0.05, 0.1) is 25.2 Å². The van der Waals surface area contributed by atoms with Crippen LogP contribution in [0.15, 0.2) is 30.6 Å². The third kappa shape index (κ3) is 3.53. The molecule has 1 aromatic heterocycles. The summed E-state index contributed by atoms with van der Waals surface area (Å²) in [5.74, 6) is 0.981. The van der Waals surface area contributed by atoms with E-state index < -0.39 is 0 Å². The maximum Gasteiger partial charge on any atom is 0.275 e. The molecule has 0 aliphatic carbocycles. The Hall–Kier alpha value is -2.34. The highest BCUT2D eigenvalue weighted by Gasteiger charge is 2.16. The van der Waals surface area contributed by atoms with Gasteiger partial charge in [-0.1, -0.05) is 11.6 Å². The Morgan fingerprint density at radius 1 is 1.26 bits per heavy atom. The number of carbonyl (C=O) groups excluding carboxylic acids is 1. The minimum Gasteiger partial charge on any atom is -0.495 e. The van der Waals surface area contributed by atoms with Crippen LogP contribution in [0, 0.1) is 0 Å². The lowest BCUT2D eigenvalue weighted by Gasteiger charge is -2.15. The molecule has 0 spiro atoms. The quantitative estimate of drug-likeness (QED) is 0.932. The van der Waals surface area contributed by atoms with Gasteiger partial charge in [0.15, 0.2) is 0 Å². The summed E-state index contributed by atoms with van der Waals surface area (Å²) >= 11 is 5.96. The van der Waals surface area contributed by atoms with Gasteiger partial charge < -0.3 is 15.0 Å². The SMILES string of the molecule is COc1ccc(Cl)cc1NC(=O)c1cnc(N2CCCC2)cn1. The Bertz CT molecular complexity index is 700. The first-order valence-corrected chi connectivity index (χ1v) is 7.77. The molecule has 2 heterocycles. The van der Waals surface area contributed by atoms with Crippen LogP contribution in [0.5, 0.6) is 5.75 Å². The average molecular weight is 333 g/mol. The van der Waals surface area contributed by atoms with E-state index in [-0.39, 0.29) is 11.6 Å². The van der Waals surface area contributed by atoms with E-state index in [9.17, 15) is 4.79 Å². The summed E-state index contributed by atoms with van der Waals surface area (Å²) in [6.45, 7) is 1.97. The predicted molar refractivity (Wildman–Crippen MR) is 89.4 cm³/mol. The van der Waals surface area contributed by atoms with Gasteiger partial charge in [0, 0.05) is 18.1 Å². The van der Waals surface area contributed by atoms with Crippen molar-refractivity contribution in [2.75, 3.05) is 30.4 Å². The van der Waals surface area contributed by atoms with Gasteiger partial charge in [0.1, 0.15) is 17.3 Å². The first-order chi connectivity index (χ1) is 11.2. The normalized spacial score (nSPS) is 13.9. The molecule has 1 fully saturated rings. The molecule has 7 heteroatoms. The van der Waals surface area contributed by atoms with Crippen molar-refractivity contribution in [3.63, 3.8) is 0 Å². The van der Waals surface area contributed by atoms with Crippen LogP contribution in [-0.2, 0) is 0 Å². The molecule has 1 N–H and O–H groups in total. The molecular formula is C16H17ClN4O2. The van der Waals surface area contributed by atoms with E-state index in [2.05, 4.69) is 20.2 Å². The van der Waals surface area contributed by atoms with Crippen LogP contribution in [0.1, 0.15) is 23.3 Å². The van der Waals surface area contributed by atoms with Crippen LogP contribution in [0.4, 0.5) is 11.5 Å². The van der Waals surface area contributed by atoms with Crippen molar-refractivity contribution < 1.29 is 9.53 Å². The second-order valence-electron chi connectivity index (χ2n) is 5.25. The molecule has 1 amide bonds. The van der Waals surface area contributed by atoms with Crippen molar-refractivity contribution in [3.8, 4) is 5.75 Å². The van der Waals surface area contributed by atoms with Crippen LogP contribution in [0.25, 0.3) is 0 Å². The van der Waals surface area contributed by atoms with E-state index in [1.807, 2.05) is 0 Å². The summed E-state index contributed by atoms with van der Waals surface area (Å²) in [4.78, 5) is 23.0. The fraction of sp³-hybridized carbons (Fsp3) is 0.312. The lowest BCUT2D eigenvalue weighted by Crippen LogP contribution is -2.20. The second kappa shape index (κ2) is 6.83. The van der Waals surface area contributed by atoms with Crippen LogP contribution < -0.4 is 15.0 Å². The van der Waals surface area contributed by atoms with Gasteiger partial charge in [0.25, 0.3) is 5.91 Å². The number of rotatable bonds is 4. The minimum atomic E-state index is -0.356. The van der Waals surface area contributed by atoms with Crippen LogP contribution in [0.2, 0.25) is 5.02 Å². The summed E-state index contributed by atoms with van der Waals surface area (Å²) < 4.78 is 5.21. The van der Waals surface area contributed by atoms with Gasteiger partial charge in [0.2, 0.25) is 0 Å².